The molecule has 0 radical (unpaired) electrons. The fourth-order valence-corrected chi connectivity index (χ4v) is 8.81. The van der Waals surface area contributed by atoms with Crippen LogP contribution >= 0.6 is 0 Å². The van der Waals surface area contributed by atoms with E-state index in [2.05, 4.69) is 164 Å². The summed E-state index contributed by atoms with van der Waals surface area (Å²) in [7, 11) is 0. The molecular weight excluding hydrogens is 671 g/mol. The van der Waals surface area contributed by atoms with Crippen molar-refractivity contribution in [3.63, 3.8) is 0 Å². The third-order valence-electron chi connectivity index (χ3n) is 11.1. The quantitative estimate of drug-likeness (QED) is 0.169. The van der Waals surface area contributed by atoms with Gasteiger partial charge in [0.05, 0.1) is 57.2 Å². The number of nitrogens with zero attached hydrogens (tertiary/aromatic N) is 5. The third-order valence-corrected chi connectivity index (χ3v) is 11.1. The lowest BCUT2D eigenvalue weighted by Crippen LogP contribution is -2.02. The number of fused-ring (bicyclic) bond motifs is 9. The molecule has 3 aromatic heterocycles. The Morgan fingerprint density at radius 1 is 0.455 bits per heavy atom. The summed E-state index contributed by atoms with van der Waals surface area (Å²) in [6.07, 6.45) is 0. The summed E-state index contributed by atoms with van der Waals surface area (Å²) < 4.78 is 7.01. The van der Waals surface area contributed by atoms with Crippen LogP contribution in [0.3, 0.4) is 0 Å². The molecule has 254 valence electrons. The number of aromatic nitrogens is 3. The second-order valence-corrected chi connectivity index (χ2v) is 13.9. The fourth-order valence-electron chi connectivity index (χ4n) is 8.81. The number of hydrogen-bond acceptors (Lipinski definition) is 1. The normalized spacial score (nSPS) is 11.6. The highest BCUT2D eigenvalue weighted by molar-refractivity contribution is 6.16. The molecule has 0 atom stereocenters. The van der Waals surface area contributed by atoms with Gasteiger partial charge in [-0.05, 0) is 77.7 Å². The summed E-state index contributed by atoms with van der Waals surface area (Å²) in [4.78, 5) is 3.86. The Morgan fingerprint density at radius 2 is 1.00 bits per heavy atom. The lowest BCUT2D eigenvalue weighted by atomic mass is 10.00. The average Bonchev–Trinajstić information content (AvgIpc) is 3.89. The molecule has 0 aliphatic heterocycles. The molecule has 0 N–H and O–H groups in total. The first kappa shape index (κ1) is 30.7. The van der Waals surface area contributed by atoms with Gasteiger partial charge in [-0.25, -0.2) is 4.85 Å². The Morgan fingerprint density at radius 3 is 1.65 bits per heavy atom. The van der Waals surface area contributed by atoms with Gasteiger partial charge in [0.2, 0.25) is 0 Å². The van der Waals surface area contributed by atoms with Crippen LogP contribution in [0.1, 0.15) is 5.56 Å². The Labute approximate surface area is 316 Å². The minimum atomic E-state index is 0.597. The van der Waals surface area contributed by atoms with Crippen LogP contribution in [0.2, 0.25) is 0 Å². The Bertz CT molecular complexity index is 3400. The van der Waals surface area contributed by atoms with E-state index in [1.165, 1.54) is 10.8 Å². The monoisotopic (exact) mass is 699 g/mol. The zero-order chi connectivity index (χ0) is 36.6. The largest absolute Gasteiger partial charge is 0.311 e. The number of benzene rings is 8. The molecule has 0 aliphatic rings. The molecule has 0 spiro atoms. The van der Waals surface area contributed by atoms with Gasteiger partial charge in [-0.1, -0.05) is 109 Å². The zero-order valence-electron chi connectivity index (χ0n) is 29.5. The van der Waals surface area contributed by atoms with Crippen molar-refractivity contribution in [2.45, 2.75) is 0 Å². The molecule has 5 heteroatoms. The lowest BCUT2D eigenvalue weighted by molar-refractivity contribution is 1.13. The van der Waals surface area contributed by atoms with Gasteiger partial charge in [0.15, 0.2) is 5.69 Å². The second-order valence-electron chi connectivity index (χ2n) is 13.9. The van der Waals surface area contributed by atoms with E-state index in [9.17, 15) is 5.26 Å². The van der Waals surface area contributed by atoms with Crippen LogP contribution in [-0.2, 0) is 0 Å². The first-order chi connectivity index (χ1) is 27.2. The maximum Gasteiger partial charge on any atom is 0.197 e. The Hall–Kier alpha value is -7.86. The zero-order valence-corrected chi connectivity index (χ0v) is 29.5. The summed E-state index contributed by atoms with van der Waals surface area (Å²) in [6.45, 7) is 7.87. The summed E-state index contributed by atoms with van der Waals surface area (Å²) >= 11 is 0. The minimum absolute atomic E-state index is 0.597. The van der Waals surface area contributed by atoms with Gasteiger partial charge in [0.25, 0.3) is 0 Å². The van der Waals surface area contributed by atoms with Crippen LogP contribution in [0.15, 0.2) is 176 Å². The van der Waals surface area contributed by atoms with Gasteiger partial charge >= 0.3 is 0 Å². The van der Waals surface area contributed by atoms with Crippen molar-refractivity contribution in [1.82, 2.24) is 13.7 Å². The summed E-state index contributed by atoms with van der Waals surface area (Å²) in [5.41, 5.74) is 12.8. The topological polar surface area (TPSA) is 42.9 Å². The van der Waals surface area contributed by atoms with Gasteiger partial charge in [0.1, 0.15) is 0 Å². The maximum absolute atomic E-state index is 10.2. The lowest BCUT2D eigenvalue weighted by Gasteiger charge is -2.18. The molecule has 0 fully saturated rings. The highest BCUT2D eigenvalue weighted by Gasteiger charge is 2.22. The third kappa shape index (κ3) is 4.39. The van der Waals surface area contributed by atoms with Gasteiger partial charge in [-0.15, -0.1) is 0 Å². The number of hydrogen-bond donors (Lipinski definition) is 0. The summed E-state index contributed by atoms with van der Waals surface area (Å²) in [5, 5.41) is 16.9. The van der Waals surface area contributed by atoms with E-state index in [1.54, 1.807) is 0 Å². The minimum Gasteiger partial charge on any atom is -0.311 e. The van der Waals surface area contributed by atoms with E-state index in [0.717, 1.165) is 82.8 Å². The summed E-state index contributed by atoms with van der Waals surface area (Å²) in [6, 6.07) is 63.7. The molecule has 0 unspecified atom stereocenters. The number of para-hydroxylation sites is 5. The van der Waals surface area contributed by atoms with Crippen molar-refractivity contribution in [3.05, 3.63) is 193 Å². The average molecular weight is 700 g/mol. The van der Waals surface area contributed by atoms with Crippen molar-refractivity contribution >= 4 is 71.1 Å². The molecule has 11 rings (SSSR count). The van der Waals surface area contributed by atoms with Crippen LogP contribution in [-0.4, -0.2) is 13.7 Å². The molecule has 0 saturated carbocycles. The van der Waals surface area contributed by atoms with Gasteiger partial charge < -0.3 is 13.7 Å². The van der Waals surface area contributed by atoms with E-state index in [4.69, 9.17) is 6.57 Å². The highest BCUT2D eigenvalue weighted by atomic mass is 15.1. The van der Waals surface area contributed by atoms with Crippen molar-refractivity contribution < 1.29 is 0 Å². The van der Waals surface area contributed by atoms with Crippen molar-refractivity contribution in [2.75, 3.05) is 0 Å². The molecule has 55 heavy (non-hydrogen) atoms. The SMILES string of the molecule is [C-]#[N+]c1cccc2c1c1ccccc1n2-c1ccc(-c2cc(C#N)ccc2-n2c3ccccc3c3cccc(-n4c5ccccc5c5ccccc54)c32)cc1. The fraction of sp³-hybridized carbons (Fsp3) is 0. The molecule has 0 bridgehead atoms. The van der Waals surface area contributed by atoms with Crippen molar-refractivity contribution in [2.24, 2.45) is 0 Å². The second kappa shape index (κ2) is 11.8. The molecule has 8 aromatic carbocycles. The maximum atomic E-state index is 10.2. The first-order valence-corrected chi connectivity index (χ1v) is 18.3. The molecule has 3 heterocycles. The summed E-state index contributed by atoms with van der Waals surface area (Å²) in [5.74, 6) is 0. The van der Waals surface area contributed by atoms with E-state index in [1.807, 2.05) is 36.4 Å². The molecule has 11 aromatic rings. The van der Waals surface area contributed by atoms with Crippen LogP contribution < -0.4 is 0 Å². The van der Waals surface area contributed by atoms with E-state index < -0.39 is 0 Å². The predicted molar refractivity (Wildman–Crippen MR) is 226 cm³/mol. The Balaban J connectivity index is 1.17. The molecule has 0 saturated heterocycles. The predicted octanol–water partition coefficient (Wildman–Crippen LogP) is 13.1. The van der Waals surface area contributed by atoms with Crippen LogP contribution in [0, 0.1) is 17.9 Å². The molecule has 0 amide bonds. The van der Waals surface area contributed by atoms with Crippen LogP contribution in [0.5, 0.6) is 0 Å². The standard InChI is InChI=1S/C50H29N5/c1-52-41-17-11-22-47-49(41)39-15-5-9-21-45(39)53(47)34-27-25-33(26-28-34)40-30-32(31-51)24-29-46(40)55-44-20-8-4-14-37(44)38-16-10-23-48(50(38)55)54-42-18-6-2-12-35(42)36-13-3-7-19-43(36)54/h2-30H. The number of rotatable bonds is 4. The van der Waals surface area contributed by atoms with E-state index >= 15 is 0 Å². The molecule has 0 aliphatic carbocycles. The van der Waals surface area contributed by atoms with Crippen molar-refractivity contribution in [1.29, 1.82) is 5.26 Å². The van der Waals surface area contributed by atoms with Crippen molar-refractivity contribution in [3.8, 4) is 34.3 Å². The Kier molecular flexibility index (Phi) is 6.61. The molecular formula is C50H29N5. The van der Waals surface area contributed by atoms with E-state index in [-0.39, 0.29) is 0 Å². The van der Waals surface area contributed by atoms with Gasteiger partial charge in [-0.3, -0.25) is 0 Å². The van der Waals surface area contributed by atoms with Gasteiger partial charge in [-0.2, -0.15) is 5.26 Å². The molecule has 5 nitrogen and oxygen atoms in total. The highest BCUT2D eigenvalue weighted by Crippen LogP contribution is 2.42. The smallest absolute Gasteiger partial charge is 0.197 e. The van der Waals surface area contributed by atoms with Crippen LogP contribution in [0.4, 0.5) is 5.69 Å². The van der Waals surface area contributed by atoms with Gasteiger partial charge in [0, 0.05) is 43.7 Å². The van der Waals surface area contributed by atoms with Crippen LogP contribution in [0.25, 0.3) is 98.5 Å². The number of nitriles is 1. The van der Waals surface area contributed by atoms with E-state index in [0.29, 0.717) is 11.3 Å². The first-order valence-electron chi connectivity index (χ1n) is 18.3.